The molecule has 2 aliphatic rings. The highest BCUT2D eigenvalue weighted by Crippen LogP contribution is 2.34. The smallest absolute Gasteiger partial charge is 0.265 e. The lowest BCUT2D eigenvalue weighted by atomic mass is 10.2. The van der Waals surface area contributed by atoms with Gasteiger partial charge in [-0.25, -0.2) is 0 Å². The van der Waals surface area contributed by atoms with E-state index in [1.54, 1.807) is 23.1 Å². The zero-order valence-corrected chi connectivity index (χ0v) is 14.4. The van der Waals surface area contributed by atoms with E-state index < -0.39 is 0 Å². The Balaban J connectivity index is 0.00000192. The molecule has 0 aliphatic carbocycles. The Bertz CT molecular complexity index is 604. The number of nitrogens with zero attached hydrogens (tertiary/aromatic N) is 3. The summed E-state index contributed by atoms with van der Waals surface area (Å²) in [6.45, 7) is 3.06. The number of carbonyl (C=O) groups excluding carboxylic acids is 2. The number of anilines is 1. The van der Waals surface area contributed by atoms with Gasteiger partial charge in [-0.05, 0) is 25.2 Å². The summed E-state index contributed by atoms with van der Waals surface area (Å²) in [5.74, 6) is 0.307. The quantitative estimate of drug-likeness (QED) is 0.797. The first-order valence-corrected chi connectivity index (χ1v) is 7.61. The largest absolute Gasteiger partial charge is 0.482 e. The Hall–Kier alpha value is -1.50. The van der Waals surface area contributed by atoms with E-state index in [1.807, 2.05) is 7.05 Å². The second kappa shape index (κ2) is 7.38. The first kappa shape index (κ1) is 17.8. The van der Waals surface area contributed by atoms with Crippen LogP contribution in [-0.4, -0.2) is 68.0 Å². The number of benzene rings is 1. The fraction of sp³-hybridized carbons (Fsp3) is 0.467. The fourth-order valence-corrected chi connectivity index (χ4v) is 2.81. The second-order valence-corrected chi connectivity index (χ2v) is 6.00. The molecule has 1 fully saturated rings. The van der Waals surface area contributed by atoms with E-state index in [-0.39, 0.29) is 37.4 Å². The first-order valence-electron chi connectivity index (χ1n) is 7.23. The van der Waals surface area contributed by atoms with Crippen molar-refractivity contribution in [3.05, 3.63) is 23.2 Å². The second-order valence-electron chi connectivity index (χ2n) is 5.56. The normalized spacial score (nSPS) is 18.1. The molecule has 0 radical (unpaired) electrons. The highest BCUT2D eigenvalue weighted by molar-refractivity contribution is 6.31. The molecule has 2 amide bonds. The number of hydrogen-bond acceptors (Lipinski definition) is 4. The fourth-order valence-electron chi connectivity index (χ4n) is 2.64. The molecule has 6 nitrogen and oxygen atoms in total. The van der Waals surface area contributed by atoms with Gasteiger partial charge in [0, 0.05) is 31.2 Å². The van der Waals surface area contributed by atoms with E-state index in [0.717, 1.165) is 13.1 Å². The molecule has 126 valence electrons. The van der Waals surface area contributed by atoms with Gasteiger partial charge in [0.05, 0.1) is 5.69 Å². The number of likely N-dealkylation sites (N-methyl/N-ethyl adjacent to an activating group) is 1. The molecule has 0 unspecified atom stereocenters. The van der Waals surface area contributed by atoms with E-state index in [4.69, 9.17) is 16.3 Å². The summed E-state index contributed by atoms with van der Waals surface area (Å²) in [5, 5.41) is 0.508. The molecule has 1 aromatic carbocycles. The van der Waals surface area contributed by atoms with Gasteiger partial charge in [-0.3, -0.25) is 14.5 Å². The maximum Gasteiger partial charge on any atom is 0.265 e. The maximum atomic E-state index is 12.5. The summed E-state index contributed by atoms with van der Waals surface area (Å²) < 4.78 is 5.38. The molecule has 0 N–H and O–H groups in total. The predicted octanol–water partition coefficient (Wildman–Crippen LogP) is 1.26. The SMILES string of the molecule is CN1CCN(C(=O)CN2C(=O)COc3ccc(Cl)cc32)CC1.Cl. The van der Waals surface area contributed by atoms with Crippen LogP contribution in [0.15, 0.2) is 18.2 Å². The standard InChI is InChI=1S/C15H18ClN3O3.ClH/c1-17-4-6-18(7-5-17)14(20)9-19-12-8-11(16)2-3-13(12)22-10-15(19)21;/h2-3,8H,4-7,9-10H2,1H3;1H. The van der Waals surface area contributed by atoms with E-state index in [0.29, 0.717) is 29.5 Å². The van der Waals surface area contributed by atoms with Crippen molar-refractivity contribution in [3.8, 4) is 5.75 Å². The molecular weight excluding hydrogens is 341 g/mol. The highest BCUT2D eigenvalue weighted by atomic mass is 35.5. The van der Waals surface area contributed by atoms with Crippen molar-refractivity contribution in [1.29, 1.82) is 0 Å². The molecule has 0 bridgehead atoms. The molecule has 2 aliphatic heterocycles. The number of halogens is 2. The number of hydrogen-bond donors (Lipinski definition) is 0. The van der Waals surface area contributed by atoms with Crippen molar-refractivity contribution in [2.45, 2.75) is 0 Å². The monoisotopic (exact) mass is 359 g/mol. The number of carbonyl (C=O) groups is 2. The van der Waals surface area contributed by atoms with Crippen molar-refractivity contribution >= 4 is 41.5 Å². The van der Waals surface area contributed by atoms with Crippen LogP contribution in [0.4, 0.5) is 5.69 Å². The predicted molar refractivity (Wildman–Crippen MR) is 90.6 cm³/mol. The van der Waals surface area contributed by atoms with Crippen molar-refractivity contribution < 1.29 is 14.3 Å². The third-order valence-electron chi connectivity index (χ3n) is 4.01. The van der Waals surface area contributed by atoms with Crippen LogP contribution in [0.3, 0.4) is 0 Å². The first-order chi connectivity index (χ1) is 10.5. The lowest BCUT2D eigenvalue weighted by Gasteiger charge is -2.35. The van der Waals surface area contributed by atoms with Gasteiger partial charge in [0.25, 0.3) is 5.91 Å². The summed E-state index contributed by atoms with van der Waals surface area (Å²) in [5.41, 5.74) is 0.561. The van der Waals surface area contributed by atoms with Gasteiger partial charge < -0.3 is 14.5 Å². The molecular formula is C15H19Cl2N3O3. The van der Waals surface area contributed by atoms with Crippen LogP contribution in [0.5, 0.6) is 5.75 Å². The minimum Gasteiger partial charge on any atom is -0.482 e. The van der Waals surface area contributed by atoms with Crippen molar-refractivity contribution in [2.24, 2.45) is 0 Å². The Morgan fingerprint density at radius 1 is 1.26 bits per heavy atom. The van der Waals surface area contributed by atoms with Gasteiger partial charge in [-0.15, -0.1) is 12.4 Å². The topological polar surface area (TPSA) is 53.1 Å². The van der Waals surface area contributed by atoms with Crippen molar-refractivity contribution in [2.75, 3.05) is 51.3 Å². The summed E-state index contributed by atoms with van der Waals surface area (Å²) in [4.78, 5) is 30.0. The zero-order valence-electron chi connectivity index (χ0n) is 12.8. The van der Waals surface area contributed by atoms with Gasteiger partial charge in [0.2, 0.25) is 5.91 Å². The van der Waals surface area contributed by atoms with Crippen LogP contribution >= 0.6 is 24.0 Å². The highest BCUT2D eigenvalue weighted by Gasteiger charge is 2.29. The van der Waals surface area contributed by atoms with E-state index in [2.05, 4.69) is 4.90 Å². The molecule has 1 saturated heterocycles. The summed E-state index contributed by atoms with van der Waals surface area (Å²) >= 11 is 6.00. The molecule has 8 heteroatoms. The number of ether oxygens (including phenoxy) is 1. The van der Waals surface area contributed by atoms with Gasteiger partial charge in [-0.2, -0.15) is 0 Å². The third-order valence-corrected chi connectivity index (χ3v) is 4.25. The Labute approximate surface area is 146 Å². The van der Waals surface area contributed by atoms with Gasteiger partial charge in [-0.1, -0.05) is 11.6 Å². The molecule has 1 aromatic rings. The Morgan fingerprint density at radius 3 is 2.65 bits per heavy atom. The molecule has 0 atom stereocenters. The molecule has 3 rings (SSSR count). The van der Waals surface area contributed by atoms with Crippen LogP contribution in [-0.2, 0) is 9.59 Å². The van der Waals surface area contributed by atoms with E-state index in [1.165, 1.54) is 4.90 Å². The average Bonchev–Trinajstić information content (AvgIpc) is 2.51. The summed E-state index contributed by atoms with van der Waals surface area (Å²) in [6.07, 6.45) is 0. The van der Waals surface area contributed by atoms with Crippen molar-refractivity contribution in [3.63, 3.8) is 0 Å². The molecule has 0 aromatic heterocycles. The number of piperazine rings is 1. The van der Waals surface area contributed by atoms with Gasteiger partial charge >= 0.3 is 0 Å². The number of amides is 2. The third kappa shape index (κ3) is 3.88. The lowest BCUT2D eigenvalue weighted by Crippen LogP contribution is -2.52. The lowest BCUT2D eigenvalue weighted by molar-refractivity contribution is -0.133. The summed E-state index contributed by atoms with van der Waals surface area (Å²) in [7, 11) is 2.03. The minimum absolute atomic E-state index is 0. The number of rotatable bonds is 2. The van der Waals surface area contributed by atoms with Crippen LogP contribution in [0.25, 0.3) is 0 Å². The van der Waals surface area contributed by atoms with Crippen LogP contribution in [0.2, 0.25) is 5.02 Å². The van der Waals surface area contributed by atoms with Crippen LogP contribution in [0.1, 0.15) is 0 Å². The van der Waals surface area contributed by atoms with Gasteiger partial charge in [0.1, 0.15) is 12.3 Å². The average molecular weight is 360 g/mol. The van der Waals surface area contributed by atoms with Gasteiger partial charge in [0.15, 0.2) is 6.61 Å². The van der Waals surface area contributed by atoms with E-state index >= 15 is 0 Å². The molecule has 23 heavy (non-hydrogen) atoms. The molecule has 2 heterocycles. The number of fused-ring (bicyclic) bond motifs is 1. The molecule has 0 saturated carbocycles. The maximum absolute atomic E-state index is 12.5. The Kier molecular flexibility index (Phi) is 5.73. The van der Waals surface area contributed by atoms with E-state index in [9.17, 15) is 9.59 Å². The Morgan fingerprint density at radius 2 is 1.96 bits per heavy atom. The minimum atomic E-state index is -0.225. The summed E-state index contributed by atoms with van der Waals surface area (Å²) in [6, 6.07) is 5.08. The van der Waals surface area contributed by atoms with Crippen LogP contribution in [0, 0.1) is 0 Å². The van der Waals surface area contributed by atoms with Crippen molar-refractivity contribution in [1.82, 2.24) is 9.80 Å². The molecule has 0 spiro atoms. The zero-order chi connectivity index (χ0) is 15.7. The van der Waals surface area contributed by atoms with Crippen LogP contribution < -0.4 is 9.64 Å².